The van der Waals surface area contributed by atoms with Gasteiger partial charge in [-0.25, -0.2) is 0 Å². The number of fused-ring (bicyclic) bond motifs is 5. The Morgan fingerprint density at radius 3 is 2.67 bits per heavy atom. The van der Waals surface area contributed by atoms with Crippen LogP contribution in [-0.4, -0.2) is 44.7 Å². The largest absolute Gasteiger partial charge is 0.393 e. The number of Topliss-reactive ketones (excluding diaryl/α,β-unsaturated/α-hetero) is 1. The Bertz CT molecular complexity index is 752. The van der Waals surface area contributed by atoms with Gasteiger partial charge in [-0.05, 0) is 63.0 Å². The molecule has 3 saturated carbocycles. The highest BCUT2D eigenvalue weighted by Gasteiger charge is 2.68. The minimum Gasteiger partial charge on any atom is -0.393 e. The highest BCUT2D eigenvalue weighted by atomic mass is 16.3. The van der Waals surface area contributed by atoms with E-state index in [1.165, 1.54) is 6.92 Å². The molecule has 0 radical (unpaired) electrons. The Morgan fingerprint density at radius 1 is 1.30 bits per heavy atom. The fourth-order valence-electron chi connectivity index (χ4n) is 7.08. The molecule has 0 amide bonds. The lowest BCUT2D eigenvalue weighted by molar-refractivity contribution is -0.181. The van der Waals surface area contributed by atoms with E-state index in [0.717, 1.165) is 24.8 Å². The minimum atomic E-state index is -1.59. The van der Waals surface area contributed by atoms with Crippen molar-refractivity contribution in [2.45, 2.75) is 70.7 Å². The molecule has 148 valence electrons. The Labute approximate surface area is 160 Å². The van der Waals surface area contributed by atoms with Crippen LogP contribution < -0.4 is 0 Å². The second kappa shape index (κ2) is 5.85. The summed E-state index contributed by atoms with van der Waals surface area (Å²) in [6.07, 6.45) is 6.43. The van der Waals surface area contributed by atoms with E-state index < -0.39 is 29.0 Å². The quantitative estimate of drug-likeness (QED) is 0.687. The summed E-state index contributed by atoms with van der Waals surface area (Å²) in [6, 6.07) is 0. The van der Waals surface area contributed by atoms with Crippen molar-refractivity contribution in [3.8, 4) is 0 Å². The van der Waals surface area contributed by atoms with Gasteiger partial charge in [-0.15, -0.1) is 0 Å². The zero-order chi connectivity index (χ0) is 19.8. The molecule has 0 heterocycles. The predicted molar refractivity (Wildman–Crippen MR) is 99.6 cm³/mol. The molecular weight excluding hydrogens is 344 g/mol. The van der Waals surface area contributed by atoms with Crippen molar-refractivity contribution in [2.24, 2.45) is 28.6 Å². The van der Waals surface area contributed by atoms with Gasteiger partial charge in [-0.1, -0.05) is 25.5 Å². The fraction of sp³-hybridized carbons (Fsp3) is 0.727. The van der Waals surface area contributed by atoms with Crippen molar-refractivity contribution < 1.29 is 24.9 Å². The van der Waals surface area contributed by atoms with Crippen molar-refractivity contribution in [1.82, 2.24) is 0 Å². The second-order valence-corrected chi connectivity index (χ2v) is 9.65. The third kappa shape index (κ3) is 2.34. The van der Waals surface area contributed by atoms with Gasteiger partial charge in [0.2, 0.25) is 0 Å². The minimum absolute atomic E-state index is 0.00818. The van der Waals surface area contributed by atoms with E-state index in [1.54, 1.807) is 12.2 Å². The predicted octanol–water partition coefficient (Wildman–Crippen LogP) is 1.95. The number of hydrogen-bond acceptors (Lipinski definition) is 5. The number of hydrogen-bond donors (Lipinski definition) is 3. The summed E-state index contributed by atoms with van der Waals surface area (Å²) in [4.78, 5) is 24.5. The summed E-state index contributed by atoms with van der Waals surface area (Å²) < 4.78 is 0. The fourth-order valence-corrected chi connectivity index (χ4v) is 7.08. The topological polar surface area (TPSA) is 94.8 Å². The molecule has 1 unspecified atom stereocenters. The first-order chi connectivity index (χ1) is 12.5. The van der Waals surface area contributed by atoms with Crippen LogP contribution in [0.4, 0.5) is 0 Å². The third-order valence-corrected chi connectivity index (χ3v) is 8.43. The Hall–Kier alpha value is -1.30. The lowest BCUT2D eigenvalue weighted by atomic mass is 9.46. The molecular formula is C22H30O5. The number of carbonyl (C=O) groups excluding carboxylic acids is 2. The highest BCUT2D eigenvalue weighted by Crippen LogP contribution is 2.67. The average Bonchev–Trinajstić information content (AvgIpc) is 2.86. The summed E-state index contributed by atoms with van der Waals surface area (Å²) in [5.41, 5.74) is -1.60. The molecule has 8 atom stereocenters. The summed E-state index contributed by atoms with van der Waals surface area (Å²) in [6.45, 7) is 5.42. The van der Waals surface area contributed by atoms with Crippen LogP contribution in [0.5, 0.6) is 0 Å². The summed E-state index contributed by atoms with van der Waals surface area (Å²) in [5.74, 6) is -0.251. The monoisotopic (exact) mass is 374 g/mol. The van der Waals surface area contributed by atoms with Gasteiger partial charge in [-0.3, -0.25) is 9.59 Å². The average molecular weight is 374 g/mol. The first-order valence-electron chi connectivity index (χ1n) is 10.1. The molecule has 3 fully saturated rings. The van der Waals surface area contributed by atoms with E-state index in [4.69, 9.17) is 0 Å². The molecule has 3 N–H and O–H groups in total. The zero-order valence-corrected chi connectivity index (χ0v) is 16.3. The van der Waals surface area contributed by atoms with Gasteiger partial charge >= 0.3 is 0 Å². The van der Waals surface area contributed by atoms with Gasteiger partial charge in [0.15, 0.2) is 11.6 Å². The van der Waals surface area contributed by atoms with Gasteiger partial charge in [0.05, 0.1) is 6.10 Å². The SMILES string of the molecule is CC(O)C(=O)[C@@]1(O)CC[C@H]2[C@@H]3CCC4=CC(=O)C=C[C@]4(C)[C@H]3[C@@H](O)C[C@@]21C. The van der Waals surface area contributed by atoms with E-state index >= 15 is 0 Å². The number of ketones is 2. The van der Waals surface area contributed by atoms with Crippen LogP contribution in [0.15, 0.2) is 23.8 Å². The van der Waals surface area contributed by atoms with Crippen LogP contribution in [0.25, 0.3) is 0 Å². The molecule has 0 aromatic rings. The maximum absolute atomic E-state index is 12.7. The second-order valence-electron chi connectivity index (χ2n) is 9.65. The van der Waals surface area contributed by atoms with Crippen LogP contribution in [0.3, 0.4) is 0 Å². The normalized spacial score (nSPS) is 49.7. The van der Waals surface area contributed by atoms with Gasteiger partial charge < -0.3 is 15.3 Å². The Balaban J connectivity index is 1.74. The summed E-state index contributed by atoms with van der Waals surface area (Å²) in [5, 5.41) is 32.4. The van der Waals surface area contributed by atoms with Crippen LogP contribution in [-0.2, 0) is 9.59 Å². The van der Waals surface area contributed by atoms with E-state index in [-0.39, 0.29) is 29.0 Å². The van der Waals surface area contributed by atoms with Gasteiger partial charge in [0.1, 0.15) is 11.7 Å². The molecule has 5 heteroatoms. The first kappa shape index (κ1) is 19.0. The van der Waals surface area contributed by atoms with Crippen LogP contribution in [0.1, 0.15) is 52.9 Å². The number of allylic oxidation sites excluding steroid dienone is 4. The highest BCUT2D eigenvalue weighted by molar-refractivity contribution is 6.01. The van der Waals surface area contributed by atoms with Crippen molar-refractivity contribution in [1.29, 1.82) is 0 Å². The lowest BCUT2D eigenvalue weighted by Crippen LogP contribution is -2.62. The van der Waals surface area contributed by atoms with Gasteiger partial charge in [0, 0.05) is 16.7 Å². The van der Waals surface area contributed by atoms with Crippen molar-refractivity contribution in [2.75, 3.05) is 0 Å². The van der Waals surface area contributed by atoms with Crippen LogP contribution in [0, 0.1) is 28.6 Å². The smallest absolute Gasteiger partial charge is 0.192 e. The molecule has 0 bridgehead atoms. The molecule has 0 aromatic carbocycles. The van der Waals surface area contributed by atoms with Gasteiger partial charge in [0.25, 0.3) is 0 Å². The van der Waals surface area contributed by atoms with Crippen molar-refractivity contribution >= 4 is 11.6 Å². The molecule has 4 aliphatic carbocycles. The van der Waals surface area contributed by atoms with Crippen LogP contribution >= 0.6 is 0 Å². The Morgan fingerprint density at radius 2 is 2.00 bits per heavy atom. The van der Waals surface area contributed by atoms with Crippen molar-refractivity contribution in [3.05, 3.63) is 23.8 Å². The maximum Gasteiger partial charge on any atom is 0.192 e. The number of aliphatic hydroxyl groups is 3. The summed E-state index contributed by atoms with van der Waals surface area (Å²) in [7, 11) is 0. The van der Waals surface area contributed by atoms with Crippen LogP contribution in [0.2, 0.25) is 0 Å². The summed E-state index contributed by atoms with van der Waals surface area (Å²) >= 11 is 0. The molecule has 0 aromatic heterocycles. The van der Waals surface area contributed by atoms with E-state index in [9.17, 15) is 24.9 Å². The van der Waals surface area contributed by atoms with Gasteiger partial charge in [-0.2, -0.15) is 0 Å². The first-order valence-corrected chi connectivity index (χ1v) is 10.1. The lowest BCUT2D eigenvalue weighted by Gasteiger charge is -2.59. The third-order valence-electron chi connectivity index (χ3n) is 8.43. The van der Waals surface area contributed by atoms with E-state index in [2.05, 4.69) is 6.92 Å². The zero-order valence-electron chi connectivity index (χ0n) is 16.3. The molecule has 4 rings (SSSR count). The molecule has 5 nitrogen and oxygen atoms in total. The number of aliphatic hydroxyl groups excluding tert-OH is 2. The molecule has 0 saturated heterocycles. The number of rotatable bonds is 2. The molecule has 4 aliphatic rings. The Kier molecular flexibility index (Phi) is 4.12. The molecule has 27 heavy (non-hydrogen) atoms. The number of carbonyl (C=O) groups is 2. The van der Waals surface area contributed by atoms with E-state index in [1.807, 2.05) is 13.0 Å². The standard InChI is InChI=1S/C22H30O5/c1-12(23)19(26)22(27)9-7-16-15-5-4-13-10-14(24)6-8-20(13,2)18(15)17(25)11-21(16,22)3/h6,8,10,12,15-18,23,25,27H,4-5,7,9,11H2,1-3H3/t12?,15-,16-,17-,18+,20-,21-,22-/m0/s1. The van der Waals surface area contributed by atoms with Crippen molar-refractivity contribution in [3.63, 3.8) is 0 Å². The maximum atomic E-state index is 12.7. The molecule has 0 aliphatic heterocycles. The van der Waals surface area contributed by atoms with E-state index in [0.29, 0.717) is 12.8 Å². The molecule has 0 spiro atoms.